The van der Waals surface area contributed by atoms with E-state index in [9.17, 15) is 4.79 Å². The lowest BCUT2D eigenvalue weighted by molar-refractivity contribution is -0.130. The van der Waals surface area contributed by atoms with E-state index in [0.29, 0.717) is 18.4 Å². The van der Waals surface area contributed by atoms with Gasteiger partial charge in [0, 0.05) is 45.2 Å². The van der Waals surface area contributed by atoms with Crippen molar-refractivity contribution in [3.05, 3.63) is 29.8 Å². The highest BCUT2D eigenvalue weighted by Crippen LogP contribution is 2.17. The number of likely N-dealkylation sites (tertiary alicyclic amines) is 1. The van der Waals surface area contributed by atoms with Gasteiger partial charge in [-0.2, -0.15) is 0 Å². The molecule has 5 nitrogen and oxygen atoms in total. The summed E-state index contributed by atoms with van der Waals surface area (Å²) >= 11 is 0. The number of piperidine rings is 1. The predicted octanol–water partition coefficient (Wildman–Crippen LogP) is 2.65. The number of carbonyl (C=O) groups excluding carboxylic acids is 1. The second-order valence-electron chi connectivity index (χ2n) is 7.97. The van der Waals surface area contributed by atoms with Crippen molar-refractivity contribution in [3.8, 4) is 5.75 Å². The molecular weight excluding hydrogens is 338 g/mol. The van der Waals surface area contributed by atoms with Crippen molar-refractivity contribution in [2.75, 3.05) is 52.9 Å². The molecule has 2 fully saturated rings. The highest BCUT2D eigenvalue weighted by atomic mass is 16.5. The Morgan fingerprint density at radius 1 is 1.04 bits per heavy atom. The van der Waals surface area contributed by atoms with Crippen molar-refractivity contribution < 1.29 is 9.53 Å². The van der Waals surface area contributed by atoms with Gasteiger partial charge in [-0.3, -0.25) is 9.69 Å². The first-order chi connectivity index (χ1) is 13.2. The Morgan fingerprint density at radius 2 is 1.85 bits per heavy atom. The molecule has 2 saturated heterocycles. The monoisotopic (exact) mass is 373 g/mol. The fourth-order valence-corrected chi connectivity index (χ4v) is 4.28. The number of rotatable bonds is 7. The van der Waals surface area contributed by atoms with E-state index in [0.717, 1.165) is 44.9 Å². The molecule has 0 saturated carbocycles. The second kappa shape index (κ2) is 10.1. The number of methoxy groups -OCH3 is 1. The van der Waals surface area contributed by atoms with Crippen LogP contribution in [0, 0.1) is 0 Å². The van der Waals surface area contributed by atoms with Crippen LogP contribution in [0.15, 0.2) is 24.3 Å². The van der Waals surface area contributed by atoms with E-state index in [1.807, 2.05) is 6.07 Å². The molecule has 2 aliphatic heterocycles. The van der Waals surface area contributed by atoms with Gasteiger partial charge in [0.25, 0.3) is 0 Å². The molecule has 1 unspecified atom stereocenters. The third-order valence-corrected chi connectivity index (χ3v) is 6.05. The Balaban J connectivity index is 1.49. The van der Waals surface area contributed by atoms with E-state index in [4.69, 9.17) is 4.74 Å². The Morgan fingerprint density at radius 3 is 2.63 bits per heavy atom. The summed E-state index contributed by atoms with van der Waals surface area (Å²) in [4.78, 5) is 19.6. The number of nitrogens with zero attached hydrogens (tertiary/aromatic N) is 3. The molecule has 27 heavy (non-hydrogen) atoms. The summed E-state index contributed by atoms with van der Waals surface area (Å²) in [5.41, 5.74) is 1.29. The van der Waals surface area contributed by atoms with Crippen LogP contribution in [0.2, 0.25) is 0 Å². The summed E-state index contributed by atoms with van der Waals surface area (Å²) in [6, 6.07) is 8.73. The predicted molar refractivity (Wildman–Crippen MR) is 109 cm³/mol. The summed E-state index contributed by atoms with van der Waals surface area (Å²) in [5.74, 6) is 1.23. The maximum absolute atomic E-state index is 12.6. The maximum Gasteiger partial charge on any atom is 0.223 e. The standard InChI is InChI=1S/C22H35N3O2/c1-19(17-20-7-6-8-21(18-20)27-2)24-12-9-22(26)25(16-15-24)14-13-23-10-4-3-5-11-23/h6-8,18-19H,3-5,9-17H2,1-2H3. The molecule has 0 radical (unpaired) electrons. The van der Waals surface area contributed by atoms with E-state index < -0.39 is 0 Å². The van der Waals surface area contributed by atoms with Crippen molar-refractivity contribution in [1.29, 1.82) is 0 Å². The van der Waals surface area contributed by atoms with Crippen molar-refractivity contribution in [2.24, 2.45) is 0 Å². The molecule has 0 spiro atoms. The number of benzene rings is 1. The molecule has 3 rings (SSSR count). The molecule has 1 amide bonds. The number of amides is 1. The fraction of sp³-hybridized carbons (Fsp3) is 0.682. The van der Waals surface area contributed by atoms with Gasteiger partial charge in [0.1, 0.15) is 5.75 Å². The second-order valence-corrected chi connectivity index (χ2v) is 7.97. The minimum atomic E-state index is 0.322. The molecular formula is C22H35N3O2. The highest BCUT2D eigenvalue weighted by Gasteiger charge is 2.24. The number of ether oxygens (including phenoxy) is 1. The molecule has 1 aromatic rings. The van der Waals surface area contributed by atoms with Crippen LogP contribution in [0.1, 0.15) is 38.2 Å². The van der Waals surface area contributed by atoms with Gasteiger partial charge in [-0.15, -0.1) is 0 Å². The Hall–Kier alpha value is -1.59. The SMILES string of the molecule is COc1cccc(CC(C)N2CCC(=O)N(CCN3CCCCC3)CC2)c1. The average molecular weight is 374 g/mol. The zero-order chi connectivity index (χ0) is 19.1. The molecule has 5 heteroatoms. The average Bonchev–Trinajstić information content (AvgIpc) is 2.89. The molecule has 1 atom stereocenters. The van der Waals surface area contributed by atoms with E-state index in [2.05, 4.69) is 39.8 Å². The molecule has 2 aliphatic rings. The van der Waals surface area contributed by atoms with Gasteiger partial charge in [-0.05, 0) is 57.0 Å². The minimum absolute atomic E-state index is 0.322. The van der Waals surface area contributed by atoms with Crippen LogP contribution in [0.25, 0.3) is 0 Å². The summed E-state index contributed by atoms with van der Waals surface area (Å²) in [6.07, 6.45) is 5.61. The van der Waals surface area contributed by atoms with Crippen molar-refractivity contribution >= 4 is 5.91 Å². The lowest BCUT2D eigenvalue weighted by Gasteiger charge is -2.30. The molecule has 0 aromatic heterocycles. The third-order valence-electron chi connectivity index (χ3n) is 6.05. The topological polar surface area (TPSA) is 36.0 Å². The normalized spacial score (nSPS) is 21.1. The van der Waals surface area contributed by atoms with Gasteiger partial charge in [-0.25, -0.2) is 0 Å². The van der Waals surface area contributed by atoms with Crippen molar-refractivity contribution in [3.63, 3.8) is 0 Å². The lowest BCUT2D eigenvalue weighted by atomic mass is 10.1. The fourth-order valence-electron chi connectivity index (χ4n) is 4.28. The van der Waals surface area contributed by atoms with Crippen LogP contribution >= 0.6 is 0 Å². The van der Waals surface area contributed by atoms with Gasteiger partial charge >= 0.3 is 0 Å². The smallest absolute Gasteiger partial charge is 0.223 e. The summed E-state index contributed by atoms with van der Waals surface area (Å²) in [6.45, 7) is 9.28. The van der Waals surface area contributed by atoms with Crippen LogP contribution in [0.3, 0.4) is 0 Å². The summed E-state index contributed by atoms with van der Waals surface area (Å²) in [7, 11) is 1.71. The lowest BCUT2D eigenvalue weighted by Crippen LogP contribution is -2.42. The first-order valence-electron chi connectivity index (χ1n) is 10.5. The molecule has 0 N–H and O–H groups in total. The third kappa shape index (κ3) is 5.94. The van der Waals surface area contributed by atoms with Gasteiger partial charge < -0.3 is 14.5 Å². The summed E-state index contributed by atoms with van der Waals surface area (Å²) in [5, 5.41) is 0. The van der Waals surface area contributed by atoms with Gasteiger partial charge in [0.15, 0.2) is 0 Å². The minimum Gasteiger partial charge on any atom is -0.497 e. The van der Waals surface area contributed by atoms with E-state index in [1.165, 1.54) is 37.9 Å². The van der Waals surface area contributed by atoms with Crippen molar-refractivity contribution in [2.45, 2.75) is 45.1 Å². The molecule has 150 valence electrons. The van der Waals surface area contributed by atoms with Crippen molar-refractivity contribution in [1.82, 2.24) is 14.7 Å². The largest absolute Gasteiger partial charge is 0.497 e. The van der Waals surface area contributed by atoms with Crippen LogP contribution in [0.5, 0.6) is 5.75 Å². The van der Waals surface area contributed by atoms with E-state index in [1.54, 1.807) is 7.11 Å². The first-order valence-corrected chi connectivity index (χ1v) is 10.5. The summed E-state index contributed by atoms with van der Waals surface area (Å²) < 4.78 is 5.34. The number of hydrogen-bond acceptors (Lipinski definition) is 4. The van der Waals surface area contributed by atoms with Crippen LogP contribution in [-0.4, -0.2) is 79.6 Å². The van der Waals surface area contributed by atoms with Crippen LogP contribution < -0.4 is 4.74 Å². The zero-order valence-electron chi connectivity index (χ0n) is 17.0. The molecule has 0 aliphatic carbocycles. The van der Waals surface area contributed by atoms with E-state index >= 15 is 0 Å². The quantitative estimate of drug-likeness (QED) is 0.736. The molecule has 2 heterocycles. The molecule has 0 bridgehead atoms. The Bertz CT molecular complexity index is 601. The number of hydrogen-bond donors (Lipinski definition) is 0. The highest BCUT2D eigenvalue weighted by molar-refractivity contribution is 5.76. The Kier molecular flexibility index (Phi) is 7.53. The number of carbonyl (C=O) groups is 1. The van der Waals surface area contributed by atoms with Gasteiger partial charge in [0.2, 0.25) is 5.91 Å². The maximum atomic E-state index is 12.6. The van der Waals surface area contributed by atoms with Crippen LogP contribution in [0.4, 0.5) is 0 Å². The van der Waals surface area contributed by atoms with Gasteiger partial charge in [-0.1, -0.05) is 18.6 Å². The van der Waals surface area contributed by atoms with E-state index in [-0.39, 0.29) is 0 Å². The first kappa shape index (κ1) is 20.2. The Labute approximate surface area is 164 Å². The van der Waals surface area contributed by atoms with Crippen LogP contribution in [-0.2, 0) is 11.2 Å². The molecule has 1 aromatic carbocycles. The van der Waals surface area contributed by atoms with Gasteiger partial charge in [0.05, 0.1) is 7.11 Å². The zero-order valence-corrected chi connectivity index (χ0v) is 17.0.